The predicted molar refractivity (Wildman–Crippen MR) is 79.3 cm³/mol. The molecule has 0 amide bonds. The van der Waals surface area contributed by atoms with Crippen molar-refractivity contribution in [2.75, 3.05) is 5.75 Å². The van der Waals surface area contributed by atoms with Gasteiger partial charge in [0.1, 0.15) is 10.7 Å². The van der Waals surface area contributed by atoms with E-state index in [2.05, 4.69) is 0 Å². The van der Waals surface area contributed by atoms with Crippen molar-refractivity contribution in [2.24, 2.45) is 0 Å². The summed E-state index contributed by atoms with van der Waals surface area (Å²) in [6.07, 6.45) is -1.18. The van der Waals surface area contributed by atoms with Crippen LogP contribution in [-0.2, 0) is 9.84 Å². The highest BCUT2D eigenvalue weighted by Crippen LogP contribution is 2.24. The van der Waals surface area contributed by atoms with Crippen LogP contribution in [0.5, 0.6) is 0 Å². The third-order valence-corrected chi connectivity index (χ3v) is 5.09. The van der Waals surface area contributed by atoms with Crippen LogP contribution in [-0.4, -0.2) is 19.3 Å². The van der Waals surface area contributed by atoms with Gasteiger partial charge in [-0.15, -0.1) is 0 Å². The van der Waals surface area contributed by atoms with E-state index >= 15 is 0 Å². The van der Waals surface area contributed by atoms with E-state index in [0.717, 1.165) is 17.2 Å². The number of halogens is 1. The van der Waals surface area contributed by atoms with Gasteiger partial charge in [-0.25, -0.2) is 12.8 Å². The summed E-state index contributed by atoms with van der Waals surface area (Å²) in [7, 11) is -3.89. The summed E-state index contributed by atoms with van der Waals surface area (Å²) in [5.41, 5.74) is 2.38. The van der Waals surface area contributed by atoms with Gasteiger partial charge in [0, 0.05) is 0 Å². The van der Waals surface area contributed by atoms with E-state index in [4.69, 9.17) is 0 Å². The van der Waals surface area contributed by atoms with Crippen molar-refractivity contribution in [3.05, 3.63) is 65.0 Å². The molecule has 5 heteroatoms. The van der Waals surface area contributed by atoms with E-state index in [1.807, 2.05) is 13.0 Å². The van der Waals surface area contributed by atoms with Gasteiger partial charge in [0.2, 0.25) is 0 Å². The largest absolute Gasteiger partial charge is 0.387 e. The summed E-state index contributed by atoms with van der Waals surface area (Å²) < 4.78 is 38.0. The molecule has 2 aromatic carbocycles. The molecule has 2 rings (SSSR count). The van der Waals surface area contributed by atoms with E-state index in [0.29, 0.717) is 5.56 Å². The highest BCUT2D eigenvalue weighted by atomic mass is 32.2. The number of hydrogen-bond donors (Lipinski definition) is 1. The number of hydrogen-bond acceptors (Lipinski definition) is 3. The first-order valence-corrected chi connectivity index (χ1v) is 8.19. The SMILES string of the molecule is Cc1ccc(C(O)CS(=O)(=O)c2ccccc2F)c(C)c1. The molecule has 3 nitrogen and oxygen atoms in total. The number of rotatable bonds is 4. The van der Waals surface area contributed by atoms with Crippen LogP contribution in [0.25, 0.3) is 0 Å². The van der Waals surface area contributed by atoms with Gasteiger partial charge >= 0.3 is 0 Å². The second-order valence-electron chi connectivity index (χ2n) is 5.09. The molecule has 2 aromatic rings. The first kappa shape index (κ1) is 15.7. The fraction of sp³-hybridized carbons (Fsp3) is 0.250. The molecule has 1 N–H and O–H groups in total. The van der Waals surface area contributed by atoms with Crippen LogP contribution >= 0.6 is 0 Å². The van der Waals surface area contributed by atoms with Crippen molar-refractivity contribution >= 4 is 9.84 Å². The normalized spacial score (nSPS) is 13.1. The maximum atomic E-state index is 13.6. The summed E-state index contributed by atoms with van der Waals surface area (Å²) in [6, 6.07) is 10.6. The summed E-state index contributed by atoms with van der Waals surface area (Å²) in [4.78, 5) is -0.381. The second-order valence-corrected chi connectivity index (χ2v) is 7.09. The van der Waals surface area contributed by atoms with Crippen LogP contribution in [0.1, 0.15) is 22.8 Å². The van der Waals surface area contributed by atoms with E-state index in [-0.39, 0.29) is 4.90 Å². The van der Waals surface area contributed by atoms with Crippen LogP contribution in [0.3, 0.4) is 0 Å². The van der Waals surface area contributed by atoms with Crippen LogP contribution in [0.15, 0.2) is 47.4 Å². The predicted octanol–water partition coefficient (Wildman–Crippen LogP) is 2.95. The van der Waals surface area contributed by atoms with Gasteiger partial charge in [-0.05, 0) is 37.1 Å². The molecule has 0 aliphatic rings. The smallest absolute Gasteiger partial charge is 0.184 e. The summed E-state index contributed by atoms with van der Waals surface area (Å²) in [5.74, 6) is -1.34. The van der Waals surface area contributed by atoms with Gasteiger partial charge in [0.15, 0.2) is 9.84 Å². The minimum atomic E-state index is -3.89. The van der Waals surface area contributed by atoms with Gasteiger partial charge in [-0.2, -0.15) is 0 Å². The molecule has 0 aliphatic heterocycles. The minimum absolute atomic E-state index is 0.381. The van der Waals surface area contributed by atoms with Gasteiger partial charge in [0.05, 0.1) is 11.9 Å². The fourth-order valence-corrected chi connectivity index (χ4v) is 3.71. The Morgan fingerprint density at radius 3 is 2.43 bits per heavy atom. The van der Waals surface area contributed by atoms with Gasteiger partial charge in [-0.3, -0.25) is 0 Å². The van der Waals surface area contributed by atoms with Gasteiger partial charge in [-0.1, -0.05) is 35.9 Å². The van der Waals surface area contributed by atoms with Crippen molar-refractivity contribution in [3.8, 4) is 0 Å². The van der Waals surface area contributed by atoms with Crippen molar-refractivity contribution in [1.29, 1.82) is 0 Å². The first-order chi connectivity index (χ1) is 9.81. The topological polar surface area (TPSA) is 54.4 Å². The lowest BCUT2D eigenvalue weighted by atomic mass is 10.0. The molecular formula is C16H17FO3S. The number of aliphatic hydroxyl groups excluding tert-OH is 1. The van der Waals surface area contributed by atoms with E-state index in [1.54, 1.807) is 19.1 Å². The summed E-state index contributed by atoms with van der Waals surface area (Å²) in [6.45, 7) is 3.72. The van der Waals surface area contributed by atoms with E-state index < -0.39 is 27.5 Å². The lowest BCUT2D eigenvalue weighted by Gasteiger charge is -2.15. The number of sulfone groups is 1. The molecule has 0 bridgehead atoms. The number of aryl methyl sites for hydroxylation is 2. The Morgan fingerprint density at radius 2 is 1.81 bits per heavy atom. The lowest BCUT2D eigenvalue weighted by molar-refractivity contribution is 0.201. The third kappa shape index (κ3) is 3.49. The Bertz CT molecular complexity index is 754. The molecule has 0 saturated heterocycles. The molecule has 0 saturated carbocycles. The highest BCUT2D eigenvalue weighted by molar-refractivity contribution is 7.91. The lowest BCUT2D eigenvalue weighted by Crippen LogP contribution is -2.16. The molecule has 0 radical (unpaired) electrons. The molecule has 21 heavy (non-hydrogen) atoms. The monoisotopic (exact) mass is 308 g/mol. The van der Waals surface area contributed by atoms with Crippen LogP contribution in [0.2, 0.25) is 0 Å². The zero-order valence-electron chi connectivity index (χ0n) is 11.9. The van der Waals surface area contributed by atoms with E-state index in [9.17, 15) is 17.9 Å². The molecule has 0 aliphatic carbocycles. The van der Waals surface area contributed by atoms with Crippen LogP contribution in [0, 0.1) is 19.7 Å². The Kier molecular flexibility index (Phi) is 4.44. The zero-order chi connectivity index (χ0) is 15.6. The Labute approximate surface area is 124 Å². The first-order valence-electron chi connectivity index (χ1n) is 6.54. The number of benzene rings is 2. The standard InChI is InChI=1S/C16H17FO3S/c1-11-7-8-13(12(2)9-11)15(18)10-21(19,20)16-6-4-3-5-14(16)17/h3-9,15,18H,10H2,1-2H3. The Hall–Kier alpha value is -1.72. The molecule has 0 aromatic heterocycles. The average Bonchev–Trinajstić information content (AvgIpc) is 2.38. The van der Waals surface area contributed by atoms with Crippen LogP contribution < -0.4 is 0 Å². The molecule has 1 unspecified atom stereocenters. The molecular weight excluding hydrogens is 291 g/mol. The van der Waals surface area contributed by atoms with Crippen LogP contribution in [0.4, 0.5) is 4.39 Å². The van der Waals surface area contributed by atoms with Crippen molar-refractivity contribution in [2.45, 2.75) is 24.8 Å². The Morgan fingerprint density at radius 1 is 1.14 bits per heavy atom. The molecule has 0 spiro atoms. The number of aliphatic hydroxyl groups is 1. The Balaban J connectivity index is 2.30. The van der Waals surface area contributed by atoms with Crippen molar-refractivity contribution < 1.29 is 17.9 Å². The third-order valence-electron chi connectivity index (χ3n) is 3.33. The quantitative estimate of drug-likeness (QED) is 0.945. The average molecular weight is 308 g/mol. The van der Waals surface area contributed by atoms with Gasteiger partial charge < -0.3 is 5.11 Å². The molecule has 0 fully saturated rings. The summed E-state index contributed by atoms with van der Waals surface area (Å²) >= 11 is 0. The van der Waals surface area contributed by atoms with Crippen molar-refractivity contribution in [1.82, 2.24) is 0 Å². The maximum absolute atomic E-state index is 13.6. The minimum Gasteiger partial charge on any atom is -0.387 e. The zero-order valence-corrected chi connectivity index (χ0v) is 12.7. The van der Waals surface area contributed by atoms with Gasteiger partial charge in [0.25, 0.3) is 0 Å². The fourth-order valence-electron chi connectivity index (χ4n) is 2.28. The van der Waals surface area contributed by atoms with Crippen molar-refractivity contribution in [3.63, 3.8) is 0 Å². The molecule has 112 valence electrons. The maximum Gasteiger partial charge on any atom is 0.184 e. The second kappa shape index (κ2) is 5.95. The summed E-state index contributed by atoms with van der Waals surface area (Å²) in [5, 5.41) is 10.2. The van der Waals surface area contributed by atoms with E-state index in [1.165, 1.54) is 18.2 Å². The molecule has 1 atom stereocenters. The molecule has 0 heterocycles. The highest BCUT2D eigenvalue weighted by Gasteiger charge is 2.24.